The van der Waals surface area contributed by atoms with Crippen LogP contribution in [0.3, 0.4) is 0 Å². The molecule has 116 valence electrons. The van der Waals surface area contributed by atoms with Crippen molar-refractivity contribution in [1.29, 1.82) is 0 Å². The molecule has 7 nitrogen and oxygen atoms in total. The first kappa shape index (κ1) is 15.7. The van der Waals surface area contributed by atoms with Crippen LogP contribution < -0.4 is 5.32 Å². The second-order valence-corrected chi connectivity index (χ2v) is 5.21. The molecule has 1 aromatic carbocycles. The van der Waals surface area contributed by atoms with E-state index >= 15 is 0 Å². The standard InChI is InChI=1S/C15H17N3O4/c1-10-7-8-18(17-10)12-5-3-11(4-6-12)13(19)16-9-15(2,22)14(20)21/h3-8,22H,9H2,1-2H3,(H,16,19)(H,20,21). The van der Waals surface area contributed by atoms with Gasteiger partial charge in [0.25, 0.3) is 5.91 Å². The van der Waals surface area contributed by atoms with Crippen LogP contribution >= 0.6 is 0 Å². The number of amides is 1. The molecule has 0 aliphatic heterocycles. The molecule has 1 heterocycles. The molecule has 1 aromatic heterocycles. The summed E-state index contributed by atoms with van der Waals surface area (Å²) in [4.78, 5) is 22.7. The van der Waals surface area contributed by atoms with Crippen LogP contribution in [0.5, 0.6) is 0 Å². The largest absolute Gasteiger partial charge is 0.479 e. The number of nitrogens with one attached hydrogen (secondary N) is 1. The minimum atomic E-state index is -2.00. The average molecular weight is 303 g/mol. The summed E-state index contributed by atoms with van der Waals surface area (Å²) in [5.41, 5.74) is 0.0658. The molecular formula is C15H17N3O4. The first-order chi connectivity index (χ1) is 10.3. The second kappa shape index (κ2) is 5.98. The number of carboxylic acid groups (broad SMARTS) is 1. The van der Waals surface area contributed by atoms with Gasteiger partial charge in [0.05, 0.1) is 17.9 Å². The highest BCUT2D eigenvalue weighted by Crippen LogP contribution is 2.10. The van der Waals surface area contributed by atoms with E-state index in [1.807, 2.05) is 19.2 Å². The number of aryl methyl sites for hydroxylation is 1. The van der Waals surface area contributed by atoms with Gasteiger partial charge < -0.3 is 15.5 Å². The van der Waals surface area contributed by atoms with E-state index in [1.54, 1.807) is 28.9 Å². The maximum atomic E-state index is 11.9. The molecule has 1 unspecified atom stereocenters. The Bertz CT molecular complexity index is 689. The molecule has 7 heteroatoms. The molecular weight excluding hydrogens is 286 g/mol. The first-order valence-corrected chi connectivity index (χ1v) is 6.66. The lowest BCUT2D eigenvalue weighted by molar-refractivity contribution is -0.155. The molecule has 1 amide bonds. The SMILES string of the molecule is Cc1ccn(-c2ccc(C(=O)NCC(C)(O)C(=O)O)cc2)n1. The summed E-state index contributed by atoms with van der Waals surface area (Å²) < 4.78 is 1.69. The number of carbonyl (C=O) groups is 2. The summed E-state index contributed by atoms with van der Waals surface area (Å²) in [6.45, 7) is 2.63. The van der Waals surface area contributed by atoms with Crippen LogP contribution in [0.2, 0.25) is 0 Å². The van der Waals surface area contributed by atoms with Gasteiger partial charge in [0.15, 0.2) is 5.60 Å². The second-order valence-electron chi connectivity index (χ2n) is 5.21. The smallest absolute Gasteiger partial charge is 0.337 e. The lowest BCUT2D eigenvalue weighted by atomic mass is 10.1. The Morgan fingerprint density at radius 2 is 1.91 bits per heavy atom. The number of rotatable bonds is 5. The highest BCUT2D eigenvalue weighted by Gasteiger charge is 2.30. The number of aliphatic hydroxyl groups is 1. The monoisotopic (exact) mass is 303 g/mol. The van der Waals surface area contributed by atoms with Crippen molar-refractivity contribution in [2.24, 2.45) is 0 Å². The summed E-state index contributed by atoms with van der Waals surface area (Å²) >= 11 is 0. The Morgan fingerprint density at radius 1 is 1.27 bits per heavy atom. The van der Waals surface area contributed by atoms with Gasteiger partial charge in [-0.05, 0) is 44.2 Å². The van der Waals surface area contributed by atoms with E-state index in [9.17, 15) is 14.7 Å². The molecule has 0 aliphatic rings. The van der Waals surface area contributed by atoms with E-state index in [-0.39, 0.29) is 6.54 Å². The molecule has 0 bridgehead atoms. The Labute approximate surface area is 127 Å². The lowest BCUT2D eigenvalue weighted by Crippen LogP contribution is -2.46. The van der Waals surface area contributed by atoms with Gasteiger partial charge in [0.1, 0.15) is 0 Å². The van der Waals surface area contributed by atoms with Gasteiger partial charge in [-0.3, -0.25) is 4.79 Å². The van der Waals surface area contributed by atoms with Crippen molar-refractivity contribution in [3.8, 4) is 5.69 Å². The lowest BCUT2D eigenvalue weighted by Gasteiger charge is -2.18. The molecule has 2 aromatic rings. The van der Waals surface area contributed by atoms with Crippen molar-refractivity contribution < 1.29 is 19.8 Å². The molecule has 0 saturated heterocycles. The van der Waals surface area contributed by atoms with E-state index in [0.717, 1.165) is 18.3 Å². The number of benzene rings is 1. The van der Waals surface area contributed by atoms with Crippen molar-refractivity contribution in [3.63, 3.8) is 0 Å². The quantitative estimate of drug-likeness (QED) is 0.756. The number of aliphatic carboxylic acids is 1. The van der Waals surface area contributed by atoms with Gasteiger partial charge >= 0.3 is 5.97 Å². The van der Waals surface area contributed by atoms with Crippen molar-refractivity contribution in [2.75, 3.05) is 6.54 Å². The highest BCUT2D eigenvalue weighted by molar-refractivity contribution is 5.94. The summed E-state index contributed by atoms with van der Waals surface area (Å²) in [6.07, 6.45) is 1.81. The topological polar surface area (TPSA) is 104 Å². The highest BCUT2D eigenvalue weighted by atomic mass is 16.4. The van der Waals surface area contributed by atoms with E-state index in [1.165, 1.54) is 0 Å². The number of carboxylic acids is 1. The van der Waals surface area contributed by atoms with Crippen molar-refractivity contribution >= 4 is 11.9 Å². The number of hydrogen-bond donors (Lipinski definition) is 3. The number of carbonyl (C=O) groups excluding carboxylic acids is 1. The fraction of sp³-hybridized carbons (Fsp3) is 0.267. The molecule has 1 atom stereocenters. The fourth-order valence-corrected chi connectivity index (χ4v) is 1.75. The third-order valence-electron chi connectivity index (χ3n) is 3.17. The van der Waals surface area contributed by atoms with Gasteiger partial charge in [0, 0.05) is 11.8 Å². The van der Waals surface area contributed by atoms with Gasteiger partial charge in [-0.15, -0.1) is 0 Å². The summed E-state index contributed by atoms with van der Waals surface area (Å²) in [7, 11) is 0. The van der Waals surface area contributed by atoms with Gasteiger partial charge in [-0.25, -0.2) is 9.48 Å². The van der Waals surface area contributed by atoms with Crippen LogP contribution in [0.4, 0.5) is 0 Å². The van der Waals surface area contributed by atoms with Crippen molar-refractivity contribution in [3.05, 3.63) is 47.8 Å². The summed E-state index contributed by atoms with van der Waals surface area (Å²) in [5, 5.41) is 25.0. The van der Waals surface area contributed by atoms with Crippen LogP contribution in [0.25, 0.3) is 5.69 Å². The van der Waals surface area contributed by atoms with E-state index in [0.29, 0.717) is 5.56 Å². The van der Waals surface area contributed by atoms with Crippen molar-refractivity contribution in [1.82, 2.24) is 15.1 Å². The average Bonchev–Trinajstić information content (AvgIpc) is 2.91. The third kappa shape index (κ3) is 3.50. The number of hydrogen-bond acceptors (Lipinski definition) is 4. The Kier molecular flexibility index (Phi) is 4.27. The molecule has 0 spiro atoms. The Hall–Kier alpha value is -2.67. The maximum Gasteiger partial charge on any atom is 0.337 e. The zero-order valence-corrected chi connectivity index (χ0v) is 12.3. The van der Waals surface area contributed by atoms with Crippen molar-refractivity contribution in [2.45, 2.75) is 19.4 Å². The number of nitrogens with zero attached hydrogens (tertiary/aromatic N) is 2. The van der Waals surface area contributed by atoms with E-state index in [4.69, 9.17) is 5.11 Å². The predicted octanol–water partition coefficient (Wildman–Crippen LogP) is 0.746. The minimum Gasteiger partial charge on any atom is -0.479 e. The third-order valence-corrected chi connectivity index (χ3v) is 3.17. The van der Waals surface area contributed by atoms with Crippen LogP contribution in [0.1, 0.15) is 23.0 Å². The van der Waals surface area contributed by atoms with Crippen LogP contribution in [-0.2, 0) is 4.79 Å². The predicted molar refractivity (Wildman–Crippen MR) is 78.9 cm³/mol. The van der Waals surface area contributed by atoms with Crippen LogP contribution in [0.15, 0.2) is 36.5 Å². The fourth-order valence-electron chi connectivity index (χ4n) is 1.75. The summed E-state index contributed by atoms with van der Waals surface area (Å²) in [5.74, 6) is -1.85. The van der Waals surface area contributed by atoms with Gasteiger partial charge in [-0.2, -0.15) is 5.10 Å². The van der Waals surface area contributed by atoms with Gasteiger partial charge in [-0.1, -0.05) is 0 Å². The normalized spacial score (nSPS) is 13.4. The van der Waals surface area contributed by atoms with Crippen LogP contribution in [-0.4, -0.2) is 44.0 Å². The molecule has 22 heavy (non-hydrogen) atoms. The Balaban J connectivity index is 2.04. The zero-order chi connectivity index (χ0) is 16.3. The van der Waals surface area contributed by atoms with E-state index in [2.05, 4.69) is 10.4 Å². The molecule has 0 aliphatic carbocycles. The molecule has 0 fully saturated rings. The van der Waals surface area contributed by atoms with E-state index < -0.39 is 17.5 Å². The molecule has 2 rings (SSSR count). The molecule has 0 saturated carbocycles. The minimum absolute atomic E-state index is 0.369. The van der Waals surface area contributed by atoms with Crippen LogP contribution in [0, 0.1) is 6.92 Å². The Morgan fingerprint density at radius 3 is 2.41 bits per heavy atom. The molecule has 0 radical (unpaired) electrons. The summed E-state index contributed by atoms with van der Waals surface area (Å²) in [6, 6.07) is 8.55. The maximum absolute atomic E-state index is 11.9. The first-order valence-electron chi connectivity index (χ1n) is 6.66. The molecule has 3 N–H and O–H groups in total. The number of aromatic nitrogens is 2. The van der Waals surface area contributed by atoms with Gasteiger partial charge in [0.2, 0.25) is 0 Å². The zero-order valence-electron chi connectivity index (χ0n) is 12.3.